The van der Waals surface area contributed by atoms with Gasteiger partial charge in [0.05, 0.1) is 23.8 Å². The minimum atomic E-state index is -0.690. The quantitative estimate of drug-likeness (QED) is 0.397. The molecular weight excluding hydrogens is 375 g/mol. The van der Waals surface area contributed by atoms with Crippen LogP contribution in [-0.2, 0) is 6.80 Å². The van der Waals surface area contributed by atoms with Crippen molar-refractivity contribution in [1.29, 1.82) is 0 Å². The fourth-order valence-corrected chi connectivity index (χ4v) is 3.15. The molecule has 0 unspecified atom stereocenters. The van der Waals surface area contributed by atoms with Gasteiger partial charge in [-0.1, -0.05) is 0 Å². The Morgan fingerprint density at radius 1 is 1.14 bits per heavy atom. The van der Waals surface area contributed by atoms with Crippen molar-refractivity contribution < 1.29 is 9.50 Å². The number of halogens is 1. The molecule has 0 bridgehead atoms. The van der Waals surface area contributed by atoms with Gasteiger partial charge in [0, 0.05) is 41.6 Å². The summed E-state index contributed by atoms with van der Waals surface area (Å²) >= 11 is 0. The molecule has 0 aliphatic heterocycles. The predicted molar refractivity (Wildman–Crippen MR) is 104 cm³/mol. The number of phenolic OH excluding ortho intramolecular Hbond substituents is 1. The van der Waals surface area contributed by atoms with E-state index in [2.05, 4.69) is 30.6 Å². The van der Waals surface area contributed by atoms with E-state index < -0.39 is 6.80 Å². The number of hydrogen-bond donors (Lipinski definition) is 3. The number of H-pyrrole nitrogens is 1. The lowest BCUT2D eigenvalue weighted by molar-refractivity contribution is 0.350. The topological polar surface area (TPSA) is 109 Å². The Morgan fingerprint density at radius 2 is 2.07 bits per heavy atom. The molecule has 0 spiro atoms. The number of hydrogen-bond acceptors (Lipinski definition) is 6. The van der Waals surface area contributed by atoms with Crippen LogP contribution in [-0.4, -0.2) is 39.5 Å². The minimum Gasteiger partial charge on any atom is -0.507 e. The highest BCUT2D eigenvalue weighted by Gasteiger charge is 2.13. The Bertz CT molecular complexity index is 1290. The van der Waals surface area contributed by atoms with Crippen molar-refractivity contribution in [1.82, 2.24) is 34.3 Å². The Morgan fingerprint density at radius 3 is 2.86 bits per heavy atom. The average Bonchev–Trinajstić information content (AvgIpc) is 3.49. The lowest BCUT2D eigenvalue weighted by Crippen LogP contribution is -1.99. The molecule has 144 valence electrons. The second-order valence-corrected chi connectivity index (χ2v) is 6.33. The number of aromatic nitrogens is 7. The monoisotopic (exact) mass is 390 g/mol. The molecule has 0 aliphatic rings. The first kappa shape index (κ1) is 16.9. The van der Waals surface area contributed by atoms with Gasteiger partial charge in [0.2, 0.25) is 0 Å². The van der Waals surface area contributed by atoms with Gasteiger partial charge >= 0.3 is 0 Å². The van der Waals surface area contributed by atoms with E-state index in [9.17, 15) is 9.50 Å². The lowest BCUT2D eigenvalue weighted by atomic mass is 10.1. The second-order valence-electron chi connectivity index (χ2n) is 6.33. The van der Waals surface area contributed by atoms with E-state index in [1.807, 2.05) is 4.40 Å². The van der Waals surface area contributed by atoms with Gasteiger partial charge in [-0.05, 0) is 24.3 Å². The number of fused-ring (bicyclic) bond motifs is 1. The Labute approximate surface area is 163 Å². The number of aromatic amines is 1. The second kappa shape index (κ2) is 6.75. The van der Waals surface area contributed by atoms with Gasteiger partial charge in [-0.25, -0.2) is 19.0 Å². The van der Waals surface area contributed by atoms with E-state index in [0.717, 1.165) is 16.9 Å². The van der Waals surface area contributed by atoms with E-state index in [1.165, 1.54) is 4.68 Å². The highest BCUT2D eigenvalue weighted by molar-refractivity contribution is 5.77. The number of phenols is 1. The summed E-state index contributed by atoms with van der Waals surface area (Å²) in [5.74, 6) is 0.678. The van der Waals surface area contributed by atoms with Crippen molar-refractivity contribution in [3.8, 4) is 28.3 Å². The van der Waals surface area contributed by atoms with E-state index >= 15 is 0 Å². The van der Waals surface area contributed by atoms with Crippen LogP contribution in [0.1, 0.15) is 0 Å². The Hall–Kier alpha value is -4.21. The summed E-state index contributed by atoms with van der Waals surface area (Å²) in [4.78, 5) is 8.85. The SMILES string of the molecule is Oc1ccc(Nc2nccn3c(-c4cnn(CF)c4)cnc23)cc1-c1ccn[nH]1. The fourth-order valence-electron chi connectivity index (χ4n) is 3.15. The molecular formula is C19H15FN8O. The van der Waals surface area contributed by atoms with Crippen molar-refractivity contribution >= 4 is 17.2 Å². The molecule has 9 nitrogen and oxygen atoms in total. The van der Waals surface area contributed by atoms with E-state index in [-0.39, 0.29) is 5.75 Å². The van der Waals surface area contributed by atoms with Crippen LogP contribution in [0.4, 0.5) is 15.9 Å². The zero-order valence-electron chi connectivity index (χ0n) is 15.0. The van der Waals surface area contributed by atoms with Crippen molar-refractivity contribution in [3.63, 3.8) is 0 Å². The maximum atomic E-state index is 12.8. The van der Waals surface area contributed by atoms with Crippen LogP contribution in [0.15, 0.2) is 61.4 Å². The van der Waals surface area contributed by atoms with Crippen LogP contribution in [0.3, 0.4) is 0 Å². The summed E-state index contributed by atoms with van der Waals surface area (Å²) in [6.45, 7) is -0.690. The molecule has 10 heteroatoms. The molecule has 4 aromatic heterocycles. The number of nitrogens with zero attached hydrogens (tertiary/aromatic N) is 6. The van der Waals surface area contributed by atoms with Crippen LogP contribution >= 0.6 is 0 Å². The fraction of sp³-hybridized carbons (Fsp3) is 0.0526. The third kappa shape index (κ3) is 2.96. The molecule has 4 heterocycles. The van der Waals surface area contributed by atoms with Crippen LogP contribution in [0.2, 0.25) is 0 Å². The third-order valence-electron chi connectivity index (χ3n) is 4.53. The highest BCUT2D eigenvalue weighted by atomic mass is 19.1. The third-order valence-corrected chi connectivity index (χ3v) is 4.53. The summed E-state index contributed by atoms with van der Waals surface area (Å²) in [6.07, 6.45) is 9.95. The Kier molecular flexibility index (Phi) is 3.94. The summed E-state index contributed by atoms with van der Waals surface area (Å²) in [7, 11) is 0. The maximum absolute atomic E-state index is 12.8. The van der Waals surface area contributed by atoms with Crippen molar-refractivity contribution in [3.05, 3.63) is 61.4 Å². The summed E-state index contributed by atoms with van der Waals surface area (Å²) in [5, 5.41) is 24.1. The van der Waals surface area contributed by atoms with Crippen LogP contribution in [0, 0.1) is 0 Å². The van der Waals surface area contributed by atoms with Crippen molar-refractivity contribution in [2.75, 3.05) is 5.32 Å². The van der Waals surface area contributed by atoms with Gasteiger partial charge in [-0.3, -0.25) is 9.50 Å². The first-order valence-corrected chi connectivity index (χ1v) is 8.73. The number of aromatic hydroxyl groups is 1. The molecule has 1 aromatic carbocycles. The standard InChI is InChI=1S/C19H15FN8O/c20-11-27-10-12(8-24-27)16-9-22-19-18(21-5-6-28(16)19)25-13-1-2-17(29)14(7-13)15-3-4-23-26-15/h1-10,29H,11H2,(H,21,25)(H,23,26). The molecule has 3 N–H and O–H groups in total. The number of nitrogens with one attached hydrogen (secondary N) is 2. The first-order valence-electron chi connectivity index (χ1n) is 8.73. The van der Waals surface area contributed by atoms with E-state index in [1.54, 1.807) is 61.4 Å². The number of alkyl halides is 1. The van der Waals surface area contributed by atoms with Gasteiger partial charge in [0.1, 0.15) is 5.75 Å². The van der Waals surface area contributed by atoms with Gasteiger partial charge in [0.25, 0.3) is 0 Å². The smallest absolute Gasteiger partial charge is 0.181 e. The molecule has 0 radical (unpaired) electrons. The number of imidazole rings is 1. The van der Waals surface area contributed by atoms with Crippen molar-refractivity contribution in [2.24, 2.45) is 0 Å². The number of rotatable bonds is 5. The molecule has 0 amide bonds. The molecule has 0 saturated heterocycles. The van der Waals surface area contributed by atoms with Gasteiger partial charge in [-0.15, -0.1) is 0 Å². The number of benzene rings is 1. The normalized spacial score (nSPS) is 11.2. The molecule has 5 rings (SSSR count). The summed E-state index contributed by atoms with van der Waals surface area (Å²) in [5.41, 5.74) is 4.16. The van der Waals surface area contributed by atoms with E-state index in [0.29, 0.717) is 22.7 Å². The van der Waals surface area contributed by atoms with Gasteiger partial charge < -0.3 is 10.4 Å². The first-order chi connectivity index (χ1) is 14.2. The molecule has 5 aromatic rings. The molecule has 0 aliphatic carbocycles. The van der Waals surface area contributed by atoms with Crippen LogP contribution in [0.5, 0.6) is 5.75 Å². The zero-order valence-corrected chi connectivity index (χ0v) is 15.0. The largest absolute Gasteiger partial charge is 0.507 e. The van der Waals surface area contributed by atoms with Crippen LogP contribution < -0.4 is 5.32 Å². The average molecular weight is 390 g/mol. The maximum Gasteiger partial charge on any atom is 0.181 e. The summed E-state index contributed by atoms with van der Waals surface area (Å²) in [6, 6.07) is 6.91. The predicted octanol–water partition coefficient (Wildman–Crippen LogP) is 3.36. The summed E-state index contributed by atoms with van der Waals surface area (Å²) < 4.78 is 15.9. The highest BCUT2D eigenvalue weighted by Crippen LogP contribution is 2.32. The zero-order chi connectivity index (χ0) is 19.8. The molecule has 0 atom stereocenters. The van der Waals surface area contributed by atoms with Gasteiger partial charge in [0.15, 0.2) is 18.3 Å². The Balaban J connectivity index is 1.53. The molecule has 0 saturated carbocycles. The van der Waals surface area contributed by atoms with Gasteiger partial charge in [-0.2, -0.15) is 10.2 Å². The molecule has 29 heavy (non-hydrogen) atoms. The molecule has 0 fully saturated rings. The minimum absolute atomic E-state index is 0.138. The number of anilines is 2. The van der Waals surface area contributed by atoms with Crippen LogP contribution in [0.25, 0.3) is 28.2 Å². The lowest BCUT2D eigenvalue weighted by Gasteiger charge is -2.10. The van der Waals surface area contributed by atoms with Crippen molar-refractivity contribution in [2.45, 2.75) is 6.80 Å². The van der Waals surface area contributed by atoms with E-state index in [4.69, 9.17) is 0 Å².